The summed E-state index contributed by atoms with van der Waals surface area (Å²) in [5, 5.41) is 10.1. The molecule has 0 spiro atoms. The van der Waals surface area contributed by atoms with E-state index in [0.717, 1.165) is 0 Å². The largest absolute Gasteiger partial charge is 0.387 e. The van der Waals surface area contributed by atoms with Gasteiger partial charge in [-0.1, -0.05) is 29.8 Å². The molecule has 66 valence electrons. The lowest BCUT2D eigenvalue weighted by atomic mass is 10.0. The number of hydrogen-bond donors (Lipinski definition) is 2. The maximum Gasteiger partial charge on any atom is 0.0952 e. The summed E-state index contributed by atoms with van der Waals surface area (Å²) in [5.41, 5.74) is 6.22. The Morgan fingerprint density at radius 1 is 1.42 bits per heavy atom. The van der Waals surface area contributed by atoms with Crippen molar-refractivity contribution in [2.24, 2.45) is 5.73 Å². The van der Waals surface area contributed by atoms with Crippen molar-refractivity contribution >= 4 is 11.6 Å². The fraction of sp³-hybridized carbons (Fsp3) is 0.333. The van der Waals surface area contributed by atoms with Crippen molar-refractivity contribution in [3.8, 4) is 0 Å². The van der Waals surface area contributed by atoms with Gasteiger partial charge in [-0.15, -0.1) is 0 Å². The fourth-order valence-corrected chi connectivity index (χ4v) is 1.25. The maximum atomic E-state index is 9.57. The molecule has 0 amide bonds. The van der Waals surface area contributed by atoms with Crippen molar-refractivity contribution in [3.05, 3.63) is 34.9 Å². The van der Waals surface area contributed by atoms with Gasteiger partial charge in [-0.25, -0.2) is 0 Å². The van der Waals surface area contributed by atoms with Crippen LogP contribution in [0.3, 0.4) is 0 Å². The molecular weight excluding hydrogens is 174 g/mol. The average Bonchev–Trinajstić information content (AvgIpc) is 2.04. The second-order valence-electron chi connectivity index (χ2n) is 2.83. The molecule has 0 aliphatic carbocycles. The van der Waals surface area contributed by atoms with Crippen LogP contribution in [-0.4, -0.2) is 11.1 Å². The molecule has 0 saturated carbocycles. The predicted octanol–water partition coefficient (Wildman–Crippen LogP) is 1.72. The van der Waals surface area contributed by atoms with E-state index in [1.807, 2.05) is 12.1 Å². The SMILES string of the molecule is CC(N)C(O)c1ccccc1Cl. The van der Waals surface area contributed by atoms with Crippen molar-refractivity contribution in [2.75, 3.05) is 0 Å². The van der Waals surface area contributed by atoms with E-state index in [1.54, 1.807) is 19.1 Å². The van der Waals surface area contributed by atoms with Crippen LogP contribution in [-0.2, 0) is 0 Å². The highest BCUT2D eigenvalue weighted by atomic mass is 35.5. The molecular formula is C9H12ClNO. The van der Waals surface area contributed by atoms with Gasteiger partial charge in [-0.2, -0.15) is 0 Å². The van der Waals surface area contributed by atoms with Crippen LogP contribution in [0, 0.1) is 0 Å². The van der Waals surface area contributed by atoms with Crippen molar-refractivity contribution < 1.29 is 5.11 Å². The highest BCUT2D eigenvalue weighted by Crippen LogP contribution is 2.23. The molecule has 0 saturated heterocycles. The Hall–Kier alpha value is -0.570. The number of rotatable bonds is 2. The molecule has 3 N–H and O–H groups in total. The monoisotopic (exact) mass is 185 g/mol. The summed E-state index contributed by atoms with van der Waals surface area (Å²) >= 11 is 5.85. The predicted molar refractivity (Wildman–Crippen MR) is 50.1 cm³/mol. The molecule has 0 heterocycles. The molecule has 12 heavy (non-hydrogen) atoms. The lowest BCUT2D eigenvalue weighted by molar-refractivity contribution is 0.153. The Morgan fingerprint density at radius 3 is 2.50 bits per heavy atom. The van der Waals surface area contributed by atoms with E-state index in [4.69, 9.17) is 17.3 Å². The number of halogens is 1. The molecule has 0 fully saturated rings. The van der Waals surface area contributed by atoms with Gasteiger partial charge in [-0.05, 0) is 13.0 Å². The molecule has 2 nitrogen and oxygen atoms in total. The smallest absolute Gasteiger partial charge is 0.0952 e. The second-order valence-corrected chi connectivity index (χ2v) is 3.23. The Labute approximate surface area is 77.0 Å². The fourth-order valence-electron chi connectivity index (χ4n) is 0.998. The molecule has 0 bridgehead atoms. The Bertz CT molecular complexity index is 262. The van der Waals surface area contributed by atoms with Gasteiger partial charge in [0.25, 0.3) is 0 Å². The maximum absolute atomic E-state index is 9.57. The number of nitrogens with two attached hydrogens (primary N) is 1. The van der Waals surface area contributed by atoms with Crippen LogP contribution < -0.4 is 5.73 Å². The summed E-state index contributed by atoms with van der Waals surface area (Å²) in [6, 6.07) is 6.86. The van der Waals surface area contributed by atoms with Crippen LogP contribution in [0.4, 0.5) is 0 Å². The molecule has 1 rings (SSSR count). The number of hydrogen-bond acceptors (Lipinski definition) is 2. The number of aliphatic hydroxyl groups excluding tert-OH is 1. The van der Waals surface area contributed by atoms with Gasteiger partial charge in [0.05, 0.1) is 6.10 Å². The minimum Gasteiger partial charge on any atom is -0.387 e. The van der Waals surface area contributed by atoms with Crippen LogP contribution in [0.1, 0.15) is 18.6 Å². The minimum atomic E-state index is -0.682. The van der Waals surface area contributed by atoms with Crippen LogP contribution in [0.5, 0.6) is 0 Å². The highest BCUT2D eigenvalue weighted by Gasteiger charge is 2.14. The van der Waals surface area contributed by atoms with Crippen LogP contribution in [0.15, 0.2) is 24.3 Å². The van der Waals surface area contributed by atoms with Crippen molar-refractivity contribution in [2.45, 2.75) is 19.1 Å². The van der Waals surface area contributed by atoms with E-state index in [2.05, 4.69) is 0 Å². The molecule has 1 aromatic rings. The minimum absolute atomic E-state index is 0.301. The molecule has 0 aliphatic rings. The first-order chi connectivity index (χ1) is 5.63. The Balaban J connectivity index is 2.94. The molecule has 0 aromatic heterocycles. The average molecular weight is 186 g/mol. The van der Waals surface area contributed by atoms with Crippen LogP contribution in [0.2, 0.25) is 5.02 Å². The molecule has 2 unspecified atom stereocenters. The number of aliphatic hydroxyl groups is 1. The summed E-state index contributed by atoms with van der Waals surface area (Å²) in [7, 11) is 0. The van der Waals surface area contributed by atoms with Crippen molar-refractivity contribution in [1.29, 1.82) is 0 Å². The molecule has 3 heteroatoms. The van der Waals surface area contributed by atoms with Crippen LogP contribution >= 0.6 is 11.6 Å². The summed E-state index contributed by atoms with van der Waals surface area (Å²) in [5.74, 6) is 0. The third-order valence-corrected chi connectivity index (χ3v) is 2.07. The van der Waals surface area contributed by atoms with Gasteiger partial charge < -0.3 is 10.8 Å². The third-order valence-electron chi connectivity index (χ3n) is 1.72. The lowest BCUT2D eigenvalue weighted by Gasteiger charge is -2.15. The summed E-state index contributed by atoms with van der Waals surface area (Å²) < 4.78 is 0. The first-order valence-corrected chi connectivity index (χ1v) is 4.19. The van der Waals surface area contributed by atoms with Gasteiger partial charge >= 0.3 is 0 Å². The van der Waals surface area contributed by atoms with Gasteiger partial charge in [0, 0.05) is 16.6 Å². The van der Waals surface area contributed by atoms with E-state index in [1.165, 1.54) is 0 Å². The van der Waals surface area contributed by atoms with E-state index in [0.29, 0.717) is 10.6 Å². The first-order valence-electron chi connectivity index (χ1n) is 3.81. The summed E-state index contributed by atoms with van der Waals surface area (Å²) in [4.78, 5) is 0. The molecule has 2 atom stereocenters. The quantitative estimate of drug-likeness (QED) is 0.737. The second kappa shape index (κ2) is 3.90. The zero-order valence-corrected chi connectivity index (χ0v) is 7.62. The zero-order valence-electron chi connectivity index (χ0n) is 6.87. The Morgan fingerprint density at radius 2 is 2.00 bits per heavy atom. The van der Waals surface area contributed by atoms with Gasteiger partial charge in [0.2, 0.25) is 0 Å². The third kappa shape index (κ3) is 1.97. The van der Waals surface area contributed by atoms with Gasteiger partial charge in [-0.3, -0.25) is 0 Å². The summed E-state index contributed by atoms with van der Waals surface area (Å²) in [6.07, 6.45) is -0.682. The zero-order chi connectivity index (χ0) is 9.14. The van der Waals surface area contributed by atoms with Gasteiger partial charge in [0.1, 0.15) is 0 Å². The van der Waals surface area contributed by atoms with E-state index < -0.39 is 6.10 Å². The van der Waals surface area contributed by atoms with E-state index >= 15 is 0 Å². The molecule has 0 radical (unpaired) electrons. The van der Waals surface area contributed by atoms with E-state index in [9.17, 15) is 5.11 Å². The molecule has 0 aliphatic heterocycles. The van der Waals surface area contributed by atoms with Crippen LogP contribution in [0.25, 0.3) is 0 Å². The van der Waals surface area contributed by atoms with Crippen molar-refractivity contribution in [3.63, 3.8) is 0 Å². The number of benzene rings is 1. The Kier molecular flexibility index (Phi) is 3.09. The van der Waals surface area contributed by atoms with Gasteiger partial charge in [0.15, 0.2) is 0 Å². The van der Waals surface area contributed by atoms with Crippen molar-refractivity contribution in [1.82, 2.24) is 0 Å². The standard InChI is InChI=1S/C9H12ClNO/c1-6(11)9(12)7-4-2-3-5-8(7)10/h2-6,9,12H,11H2,1H3. The molecule has 1 aromatic carbocycles. The lowest BCUT2D eigenvalue weighted by Crippen LogP contribution is -2.24. The highest BCUT2D eigenvalue weighted by molar-refractivity contribution is 6.31. The normalized spacial score (nSPS) is 15.7. The summed E-state index contributed by atoms with van der Waals surface area (Å²) in [6.45, 7) is 1.74. The topological polar surface area (TPSA) is 46.2 Å². The first kappa shape index (κ1) is 9.52. The van der Waals surface area contributed by atoms with E-state index in [-0.39, 0.29) is 6.04 Å².